The van der Waals surface area contributed by atoms with E-state index in [4.69, 9.17) is 5.11 Å². The molecule has 2 aromatic rings. The van der Waals surface area contributed by atoms with Gasteiger partial charge in [-0.15, -0.1) is 0 Å². The average Bonchev–Trinajstić information content (AvgIpc) is 2.76. The zero-order chi connectivity index (χ0) is 17.8. The molecule has 0 saturated carbocycles. The Labute approximate surface area is 147 Å². The first-order valence-electron chi connectivity index (χ1n) is 8.45. The first kappa shape index (κ1) is 17.2. The molecule has 1 aliphatic rings. The summed E-state index contributed by atoms with van der Waals surface area (Å²) in [5.41, 5.74) is 4.15. The lowest BCUT2D eigenvalue weighted by Gasteiger charge is -2.27. The lowest BCUT2D eigenvalue weighted by molar-refractivity contribution is -0.137. The molecule has 0 spiro atoms. The molecule has 3 rings (SSSR count). The second kappa shape index (κ2) is 7.49. The van der Waals surface area contributed by atoms with E-state index in [1.807, 2.05) is 36.4 Å². The number of aliphatic carboxylic acids is 1. The molecule has 0 atom stereocenters. The van der Waals surface area contributed by atoms with Gasteiger partial charge in [0, 0.05) is 6.54 Å². The van der Waals surface area contributed by atoms with Crippen molar-refractivity contribution >= 4 is 23.3 Å². The summed E-state index contributed by atoms with van der Waals surface area (Å²) >= 11 is 0. The van der Waals surface area contributed by atoms with E-state index < -0.39 is 5.97 Å². The minimum atomic E-state index is -0.857. The van der Waals surface area contributed by atoms with E-state index in [1.165, 1.54) is 0 Å². The fourth-order valence-electron chi connectivity index (χ4n) is 3.22. The van der Waals surface area contributed by atoms with Crippen molar-refractivity contribution in [3.05, 3.63) is 59.7 Å². The first-order chi connectivity index (χ1) is 12.1. The van der Waals surface area contributed by atoms with E-state index in [1.54, 1.807) is 16.8 Å². The van der Waals surface area contributed by atoms with Crippen LogP contribution in [0.1, 0.15) is 17.5 Å². The van der Waals surface area contributed by atoms with Crippen molar-refractivity contribution in [3.63, 3.8) is 0 Å². The predicted molar refractivity (Wildman–Crippen MR) is 97.2 cm³/mol. The van der Waals surface area contributed by atoms with Crippen molar-refractivity contribution < 1.29 is 14.7 Å². The van der Waals surface area contributed by atoms with Crippen LogP contribution in [0.15, 0.2) is 48.5 Å². The number of rotatable bonds is 5. The number of amides is 1. The van der Waals surface area contributed by atoms with Crippen LogP contribution in [0.5, 0.6) is 0 Å². The highest BCUT2D eigenvalue weighted by atomic mass is 16.4. The van der Waals surface area contributed by atoms with Crippen molar-refractivity contribution in [1.29, 1.82) is 0 Å². The smallest absolute Gasteiger partial charge is 0.304 e. The molecule has 0 unspecified atom stereocenters. The monoisotopic (exact) mass is 338 g/mol. The molecule has 0 radical (unpaired) electrons. The number of carboxylic acids is 1. The molecule has 5 heteroatoms. The van der Waals surface area contributed by atoms with Crippen LogP contribution in [0, 0.1) is 0 Å². The van der Waals surface area contributed by atoms with Crippen LogP contribution >= 0.6 is 0 Å². The molecule has 1 heterocycles. The summed E-state index contributed by atoms with van der Waals surface area (Å²) in [6.07, 6.45) is 1.81. The fraction of sp³-hybridized carbons (Fsp3) is 0.300. The molecule has 0 fully saturated rings. The van der Waals surface area contributed by atoms with Crippen molar-refractivity contribution in [2.24, 2.45) is 0 Å². The number of carbonyl (C=O) groups is 2. The van der Waals surface area contributed by atoms with Gasteiger partial charge in [-0.2, -0.15) is 0 Å². The molecule has 1 N–H and O–H groups in total. The number of hydrogen-bond acceptors (Lipinski definition) is 3. The highest BCUT2D eigenvalue weighted by Crippen LogP contribution is 2.35. The standard InChI is InChI=1S/C20H22N2O3/c1-21(13-12-20(24)25)14-19(23)22-17-8-4-2-6-15(17)10-11-16-7-3-5-9-18(16)22/h2-9H,10-14H2,1H3,(H,24,25). The van der Waals surface area contributed by atoms with E-state index in [-0.39, 0.29) is 18.9 Å². The van der Waals surface area contributed by atoms with Gasteiger partial charge in [-0.3, -0.25) is 19.4 Å². The van der Waals surface area contributed by atoms with E-state index in [0.29, 0.717) is 6.54 Å². The maximum absolute atomic E-state index is 13.1. The van der Waals surface area contributed by atoms with Crippen LogP contribution < -0.4 is 4.90 Å². The Balaban J connectivity index is 1.91. The maximum atomic E-state index is 13.1. The number of benzene rings is 2. The Morgan fingerprint density at radius 2 is 1.52 bits per heavy atom. The summed E-state index contributed by atoms with van der Waals surface area (Å²) in [4.78, 5) is 27.4. The summed E-state index contributed by atoms with van der Waals surface area (Å²) in [5.74, 6) is -0.903. The molecule has 0 aromatic heterocycles. The number of aryl methyl sites for hydroxylation is 2. The van der Waals surface area contributed by atoms with Gasteiger partial charge in [0.2, 0.25) is 5.91 Å². The third-order valence-corrected chi connectivity index (χ3v) is 4.49. The van der Waals surface area contributed by atoms with Crippen molar-refractivity contribution in [3.8, 4) is 0 Å². The largest absolute Gasteiger partial charge is 0.481 e. The molecule has 2 aromatic carbocycles. The lowest BCUT2D eigenvalue weighted by Crippen LogP contribution is -2.37. The van der Waals surface area contributed by atoms with Crippen LogP contribution in [0.2, 0.25) is 0 Å². The number of carboxylic acid groups (broad SMARTS) is 1. The highest BCUT2D eigenvalue weighted by molar-refractivity contribution is 6.03. The van der Waals surface area contributed by atoms with E-state index in [9.17, 15) is 9.59 Å². The number of likely N-dealkylation sites (N-methyl/N-ethyl adjacent to an activating group) is 1. The summed E-state index contributed by atoms with van der Waals surface area (Å²) in [5, 5.41) is 8.82. The SMILES string of the molecule is CN(CCC(=O)O)CC(=O)N1c2ccccc2CCc2ccccc21. The Morgan fingerprint density at radius 3 is 2.04 bits per heavy atom. The number of para-hydroxylation sites is 2. The lowest BCUT2D eigenvalue weighted by atomic mass is 10.0. The van der Waals surface area contributed by atoms with Crippen molar-refractivity contribution in [2.75, 3.05) is 25.0 Å². The van der Waals surface area contributed by atoms with Gasteiger partial charge in [-0.25, -0.2) is 0 Å². The van der Waals surface area contributed by atoms with Gasteiger partial charge in [0.05, 0.1) is 24.3 Å². The zero-order valence-corrected chi connectivity index (χ0v) is 14.3. The van der Waals surface area contributed by atoms with E-state index >= 15 is 0 Å². The Hall–Kier alpha value is -2.66. The molecule has 25 heavy (non-hydrogen) atoms. The van der Waals surface area contributed by atoms with Gasteiger partial charge in [-0.05, 0) is 43.1 Å². The number of fused-ring (bicyclic) bond motifs is 2. The molecular weight excluding hydrogens is 316 g/mol. The van der Waals surface area contributed by atoms with Crippen LogP contribution in [0.25, 0.3) is 0 Å². The molecular formula is C20H22N2O3. The number of anilines is 2. The van der Waals surface area contributed by atoms with Gasteiger partial charge in [0.1, 0.15) is 0 Å². The second-order valence-electron chi connectivity index (χ2n) is 6.37. The average molecular weight is 338 g/mol. The second-order valence-corrected chi connectivity index (χ2v) is 6.37. The van der Waals surface area contributed by atoms with Gasteiger partial charge in [-0.1, -0.05) is 36.4 Å². The Morgan fingerprint density at radius 1 is 1.00 bits per heavy atom. The van der Waals surface area contributed by atoms with Crippen LogP contribution in [-0.4, -0.2) is 42.0 Å². The topological polar surface area (TPSA) is 60.9 Å². The maximum Gasteiger partial charge on any atom is 0.304 e. The van der Waals surface area contributed by atoms with Crippen molar-refractivity contribution in [1.82, 2.24) is 4.90 Å². The number of nitrogens with zero attached hydrogens (tertiary/aromatic N) is 2. The molecule has 1 aliphatic heterocycles. The van der Waals surface area contributed by atoms with Crippen LogP contribution in [-0.2, 0) is 22.4 Å². The first-order valence-corrected chi connectivity index (χ1v) is 8.45. The number of hydrogen-bond donors (Lipinski definition) is 1. The summed E-state index contributed by atoms with van der Waals surface area (Å²) in [7, 11) is 1.77. The van der Waals surface area contributed by atoms with Crippen LogP contribution in [0.4, 0.5) is 11.4 Å². The molecule has 0 saturated heterocycles. The fourth-order valence-corrected chi connectivity index (χ4v) is 3.22. The summed E-state index contributed by atoms with van der Waals surface area (Å²) in [6.45, 7) is 0.522. The summed E-state index contributed by atoms with van der Waals surface area (Å²) < 4.78 is 0. The zero-order valence-electron chi connectivity index (χ0n) is 14.3. The Bertz CT molecular complexity index is 741. The van der Waals surface area contributed by atoms with Gasteiger partial charge in [0.15, 0.2) is 0 Å². The molecule has 1 amide bonds. The van der Waals surface area contributed by atoms with Gasteiger partial charge >= 0.3 is 5.97 Å². The normalized spacial score (nSPS) is 13.1. The molecule has 0 aliphatic carbocycles. The minimum Gasteiger partial charge on any atom is -0.481 e. The quantitative estimate of drug-likeness (QED) is 0.911. The van der Waals surface area contributed by atoms with Crippen molar-refractivity contribution in [2.45, 2.75) is 19.3 Å². The van der Waals surface area contributed by atoms with Gasteiger partial charge in [0.25, 0.3) is 0 Å². The van der Waals surface area contributed by atoms with Gasteiger partial charge < -0.3 is 5.11 Å². The molecule has 0 bridgehead atoms. The molecule has 130 valence electrons. The van der Waals surface area contributed by atoms with E-state index in [0.717, 1.165) is 35.3 Å². The minimum absolute atomic E-state index is 0.0248. The molecule has 5 nitrogen and oxygen atoms in total. The third-order valence-electron chi connectivity index (χ3n) is 4.49. The van der Waals surface area contributed by atoms with E-state index in [2.05, 4.69) is 12.1 Å². The highest BCUT2D eigenvalue weighted by Gasteiger charge is 2.26. The summed E-state index contributed by atoms with van der Waals surface area (Å²) in [6, 6.07) is 16.0. The predicted octanol–water partition coefficient (Wildman–Crippen LogP) is 2.86. The van der Waals surface area contributed by atoms with Crippen LogP contribution in [0.3, 0.4) is 0 Å². The third kappa shape index (κ3) is 3.88. The Kier molecular flexibility index (Phi) is 5.14. The number of carbonyl (C=O) groups excluding carboxylic acids is 1.